The summed E-state index contributed by atoms with van der Waals surface area (Å²) in [6, 6.07) is 39.8. The van der Waals surface area contributed by atoms with Gasteiger partial charge in [-0.25, -0.2) is 0 Å². The zero-order valence-corrected chi connectivity index (χ0v) is 19.1. The number of hydrogen-bond donors (Lipinski definition) is 0. The van der Waals surface area contributed by atoms with Gasteiger partial charge in [0.15, 0.2) is 0 Å². The Balaban J connectivity index is 1.40. The molecule has 1 aromatic heterocycles. The van der Waals surface area contributed by atoms with Crippen LogP contribution in [0, 0.1) is 0 Å². The van der Waals surface area contributed by atoms with Crippen molar-refractivity contribution in [2.45, 2.75) is 5.41 Å². The second kappa shape index (κ2) is 6.77. The molecule has 35 heavy (non-hydrogen) atoms. The van der Waals surface area contributed by atoms with Crippen molar-refractivity contribution in [1.29, 1.82) is 0 Å². The lowest BCUT2D eigenvalue weighted by Gasteiger charge is -2.27. The minimum absolute atomic E-state index is 0.219. The molecular weight excluding hydrogens is 422 g/mol. The molecule has 5 aromatic carbocycles. The molecule has 0 radical (unpaired) electrons. The third-order valence-corrected chi connectivity index (χ3v) is 7.93. The summed E-state index contributed by atoms with van der Waals surface area (Å²) < 4.78 is 0. The molecule has 1 unspecified atom stereocenters. The van der Waals surface area contributed by atoms with Gasteiger partial charge in [0.1, 0.15) is 0 Å². The van der Waals surface area contributed by atoms with Gasteiger partial charge in [0.2, 0.25) is 0 Å². The number of rotatable bonds is 1. The Morgan fingerprint density at radius 3 is 2.31 bits per heavy atom. The fourth-order valence-corrected chi connectivity index (χ4v) is 6.41. The first-order valence-corrected chi connectivity index (χ1v) is 12.1. The molecule has 1 atom stereocenters. The van der Waals surface area contributed by atoms with E-state index in [-0.39, 0.29) is 5.41 Å². The monoisotopic (exact) mass is 443 g/mol. The first kappa shape index (κ1) is 18.9. The summed E-state index contributed by atoms with van der Waals surface area (Å²) in [7, 11) is 0. The van der Waals surface area contributed by atoms with Crippen LogP contribution in [0.15, 0.2) is 121 Å². The fraction of sp³-hybridized carbons (Fsp3) is 0.0294. The van der Waals surface area contributed by atoms with Gasteiger partial charge in [0.05, 0.1) is 11.1 Å². The number of fused-ring (bicyclic) bond motifs is 10. The highest BCUT2D eigenvalue weighted by atomic mass is 14.7. The maximum atomic E-state index is 4.88. The van der Waals surface area contributed by atoms with Crippen molar-refractivity contribution in [1.82, 2.24) is 4.98 Å². The Hall–Kier alpha value is -4.49. The van der Waals surface area contributed by atoms with Crippen LogP contribution in [0.25, 0.3) is 50.0 Å². The number of nitrogens with zero attached hydrogens (tertiary/aromatic N) is 1. The van der Waals surface area contributed by atoms with Crippen molar-refractivity contribution in [2.75, 3.05) is 0 Å². The van der Waals surface area contributed by atoms with Gasteiger partial charge in [-0.3, -0.25) is 4.98 Å². The lowest BCUT2D eigenvalue weighted by atomic mass is 9.74. The minimum atomic E-state index is -0.219. The molecule has 0 fully saturated rings. The van der Waals surface area contributed by atoms with Crippen LogP contribution in [0.1, 0.15) is 22.3 Å². The smallest absolute Gasteiger partial charge is 0.0780 e. The predicted octanol–water partition coefficient (Wildman–Crippen LogP) is 8.40. The summed E-state index contributed by atoms with van der Waals surface area (Å²) in [6.07, 6.45) is 6.62. The quantitative estimate of drug-likeness (QED) is 0.233. The second-order valence-corrected chi connectivity index (χ2v) is 9.58. The fourth-order valence-electron chi connectivity index (χ4n) is 6.41. The number of aromatic nitrogens is 1. The van der Waals surface area contributed by atoms with E-state index in [2.05, 4.69) is 121 Å². The van der Waals surface area contributed by atoms with Gasteiger partial charge in [-0.1, -0.05) is 109 Å². The molecule has 2 aliphatic rings. The number of pyridine rings is 1. The van der Waals surface area contributed by atoms with Crippen LogP contribution in [0.2, 0.25) is 0 Å². The summed E-state index contributed by atoms with van der Waals surface area (Å²) in [4.78, 5) is 4.88. The van der Waals surface area contributed by atoms with Gasteiger partial charge in [-0.2, -0.15) is 0 Å². The highest BCUT2D eigenvalue weighted by molar-refractivity contribution is 6.11. The van der Waals surface area contributed by atoms with E-state index in [0.717, 1.165) is 11.3 Å². The first-order valence-electron chi connectivity index (χ1n) is 12.1. The highest BCUT2D eigenvalue weighted by Gasteiger charge is 2.45. The zero-order valence-electron chi connectivity index (χ0n) is 19.1. The third-order valence-electron chi connectivity index (χ3n) is 7.93. The molecule has 0 bridgehead atoms. The molecule has 1 heterocycles. The number of benzene rings is 5. The Bertz CT molecular complexity index is 1860. The average Bonchev–Trinajstić information content (AvgIpc) is 3.45. The number of allylic oxidation sites excluding steroid dienone is 1. The lowest BCUT2D eigenvalue weighted by molar-refractivity contribution is 0.821. The molecule has 0 saturated carbocycles. The minimum Gasteiger partial charge on any atom is -0.256 e. The van der Waals surface area contributed by atoms with Crippen LogP contribution in [0.3, 0.4) is 0 Å². The Morgan fingerprint density at radius 2 is 1.34 bits per heavy atom. The summed E-state index contributed by atoms with van der Waals surface area (Å²) in [6.45, 7) is 0. The SMILES string of the molecule is C1=CC2(c3ccccc31)c1ccccc1-c1cc(-c3nccc4c3ccc3ccccc34)ccc12. The van der Waals surface area contributed by atoms with Crippen LogP contribution in [-0.2, 0) is 5.41 Å². The Morgan fingerprint density at radius 1 is 0.543 bits per heavy atom. The van der Waals surface area contributed by atoms with Crippen molar-refractivity contribution in [3.8, 4) is 22.4 Å². The standard InChI is InChI=1S/C34H21N/c1-3-9-25-22(7-1)13-15-28-26(25)18-20-35-33(28)24-14-16-32-29(21-24)27-10-4-6-12-31(27)34(32)19-17-23-8-2-5-11-30(23)34/h1-21H. The topological polar surface area (TPSA) is 12.9 Å². The zero-order chi connectivity index (χ0) is 23.0. The van der Waals surface area contributed by atoms with Crippen molar-refractivity contribution in [2.24, 2.45) is 0 Å². The van der Waals surface area contributed by atoms with Gasteiger partial charge in [0.25, 0.3) is 0 Å². The molecule has 0 amide bonds. The summed E-state index contributed by atoms with van der Waals surface area (Å²) >= 11 is 0. The maximum absolute atomic E-state index is 4.88. The molecule has 0 saturated heterocycles. The van der Waals surface area contributed by atoms with Gasteiger partial charge in [-0.15, -0.1) is 0 Å². The summed E-state index contributed by atoms with van der Waals surface area (Å²) in [5, 5.41) is 4.97. The van der Waals surface area contributed by atoms with Gasteiger partial charge < -0.3 is 0 Å². The van der Waals surface area contributed by atoms with Crippen LogP contribution in [0.5, 0.6) is 0 Å². The average molecular weight is 444 g/mol. The van der Waals surface area contributed by atoms with E-state index in [1.54, 1.807) is 0 Å². The van der Waals surface area contributed by atoms with Crippen molar-refractivity contribution < 1.29 is 0 Å². The van der Waals surface area contributed by atoms with E-state index >= 15 is 0 Å². The van der Waals surface area contributed by atoms with Crippen molar-refractivity contribution in [3.05, 3.63) is 144 Å². The highest BCUT2D eigenvalue weighted by Crippen LogP contribution is 2.57. The van der Waals surface area contributed by atoms with E-state index in [1.165, 1.54) is 54.9 Å². The van der Waals surface area contributed by atoms with Gasteiger partial charge in [-0.05, 0) is 61.7 Å². The van der Waals surface area contributed by atoms with E-state index in [0.29, 0.717) is 0 Å². The third kappa shape index (κ3) is 2.40. The molecular formula is C34H21N. The molecule has 1 spiro atoms. The molecule has 1 nitrogen and oxygen atoms in total. The van der Waals surface area contributed by atoms with E-state index in [4.69, 9.17) is 4.98 Å². The molecule has 2 aliphatic carbocycles. The molecule has 6 aromatic rings. The second-order valence-electron chi connectivity index (χ2n) is 9.58. The molecule has 8 rings (SSSR count). The molecule has 0 aliphatic heterocycles. The maximum Gasteiger partial charge on any atom is 0.0780 e. The van der Waals surface area contributed by atoms with E-state index in [1.807, 2.05) is 6.20 Å². The largest absolute Gasteiger partial charge is 0.256 e. The number of hydrogen-bond acceptors (Lipinski definition) is 1. The predicted molar refractivity (Wildman–Crippen MR) is 145 cm³/mol. The van der Waals surface area contributed by atoms with Crippen LogP contribution >= 0.6 is 0 Å². The van der Waals surface area contributed by atoms with Crippen molar-refractivity contribution in [3.63, 3.8) is 0 Å². The molecule has 0 N–H and O–H groups in total. The van der Waals surface area contributed by atoms with Crippen LogP contribution in [-0.4, -0.2) is 4.98 Å². The summed E-state index contributed by atoms with van der Waals surface area (Å²) in [5.41, 5.74) is 10.00. The van der Waals surface area contributed by atoms with Gasteiger partial charge >= 0.3 is 0 Å². The summed E-state index contributed by atoms with van der Waals surface area (Å²) in [5.74, 6) is 0. The normalized spacial score (nSPS) is 17.1. The van der Waals surface area contributed by atoms with E-state index < -0.39 is 0 Å². The Kier molecular flexibility index (Phi) is 3.65. The van der Waals surface area contributed by atoms with Gasteiger partial charge in [0, 0.05) is 17.1 Å². The first-order chi connectivity index (χ1) is 17.3. The lowest BCUT2D eigenvalue weighted by Crippen LogP contribution is -2.22. The van der Waals surface area contributed by atoms with Crippen LogP contribution < -0.4 is 0 Å². The molecule has 162 valence electrons. The molecule has 1 heteroatoms. The van der Waals surface area contributed by atoms with E-state index in [9.17, 15) is 0 Å². The van der Waals surface area contributed by atoms with Crippen molar-refractivity contribution >= 4 is 27.6 Å². The Labute approximate surface area is 204 Å². The van der Waals surface area contributed by atoms with Crippen LogP contribution in [0.4, 0.5) is 0 Å².